The Labute approximate surface area is 179 Å². The van der Waals surface area contributed by atoms with Crippen molar-refractivity contribution in [2.45, 2.75) is 13.8 Å². The number of methoxy groups -OCH3 is 1. The van der Waals surface area contributed by atoms with Crippen LogP contribution in [0.4, 0.5) is 0 Å². The Bertz CT molecular complexity index is 1320. The number of fused-ring (bicyclic) bond motifs is 2. The molecule has 0 aliphatic rings. The van der Waals surface area contributed by atoms with Crippen LogP contribution in [-0.4, -0.2) is 34.1 Å². The largest absolute Gasteiger partial charge is 0.478 e. The standard InChI is InChI=1S/C13H13NO2.C12H11NO2/c1-8(2)12-7-10-9(13(15)16-3)5-4-6-11(10)14-12;1-7(2)11-6-9-8(12(14)15)4-3-5-10(9)13-11/h4-7,14H,1H2,2-3H3;3-6,13H,1H2,2H3,(H,14,15). The van der Waals surface area contributed by atoms with E-state index in [1.165, 1.54) is 7.11 Å². The number of carbonyl (C=O) groups excluding carboxylic acids is 1. The van der Waals surface area contributed by atoms with Gasteiger partial charge in [-0.25, -0.2) is 9.59 Å². The molecule has 2 aromatic carbocycles. The summed E-state index contributed by atoms with van der Waals surface area (Å²) in [5.74, 6) is -1.23. The lowest BCUT2D eigenvalue weighted by molar-refractivity contribution is 0.0602. The van der Waals surface area contributed by atoms with E-state index in [0.29, 0.717) is 11.1 Å². The van der Waals surface area contributed by atoms with Gasteiger partial charge in [0.2, 0.25) is 0 Å². The highest BCUT2D eigenvalue weighted by Gasteiger charge is 2.12. The molecule has 158 valence electrons. The zero-order chi connectivity index (χ0) is 22.7. The van der Waals surface area contributed by atoms with Gasteiger partial charge in [-0.05, 0) is 61.4 Å². The van der Waals surface area contributed by atoms with Gasteiger partial charge in [-0.15, -0.1) is 0 Å². The first-order chi connectivity index (χ1) is 14.7. The van der Waals surface area contributed by atoms with Gasteiger partial charge in [0.1, 0.15) is 0 Å². The van der Waals surface area contributed by atoms with Gasteiger partial charge in [0.15, 0.2) is 0 Å². The van der Waals surface area contributed by atoms with E-state index >= 15 is 0 Å². The minimum absolute atomic E-state index is 0.316. The molecule has 0 fully saturated rings. The molecule has 0 atom stereocenters. The van der Waals surface area contributed by atoms with Crippen LogP contribution in [0.3, 0.4) is 0 Å². The first-order valence-electron chi connectivity index (χ1n) is 9.59. The number of aromatic nitrogens is 2. The monoisotopic (exact) mass is 416 g/mol. The second-order valence-electron chi connectivity index (χ2n) is 7.26. The molecular weight excluding hydrogens is 392 g/mol. The van der Waals surface area contributed by atoms with E-state index in [0.717, 1.165) is 44.3 Å². The number of carbonyl (C=O) groups is 2. The molecular formula is C25H24N2O4. The molecule has 0 amide bonds. The normalized spacial score (nSPS) is 10.4. The van der Waals surface area contributed by atoms with Crippen molar-refractivity contribution in [1.29, 1.82) is 0 Å². The van der Waals surface area contributed by atoms with Gasteiger partial charge in [-0.3, -0.25) is 0 Å². The Morgan fingerprint density at radius 3 is 1.71 bits per heavy atom. The van der Waals surface area contributed by atoms with Gasteiger partial charge in [0.05, 0.1) is 18.2 Å². The number of ether oxygens (including phenoxy) is 1. The van der Waals surface area contributed by atoms with Crippen LogP contribution in [0, 0.1) is 0 Å². The van der Waals surface area contributed by atoms with E-state index in [1.54, 1.807) is 18.2 Å². The summed E-state index contributed by atoms with van der Waals surface area (Å²) in [6, 6.07) is 14.4. The average Bonchev–Trinajstić information content (AvgIpc) is 3.37. The first kappa shape index (κ1) is 21.6. The maximum absolute atomic E-state index is 11.5. The smallest absolute Gasteiger partial charge is 0.338 e. The molecule has 0 aliphatic carbocycles. The summed E-state index contributed by atoms with van der Waals surface area (Å²) in [5.41, 5.74) is 6.27. The number of nitrogens with one attached hydrogen (secondary N) is 2. The highest BCUT2D eigenvalue weighted by molar-refractivity contribution is 6.05. The number of carboxylic acids is 1. The molecule has 0 spiro atoms. The molecule has 31 heavy (non-hydrogen) atoms. The number of hydrogen-bond acceptors (Lipinski definition) is 3. The van der Waals surface area contributed by atoms with Crippen LogP contribution in [0.1, 0.15) is 46.0 Å². The zero-order valence-electron chi connectivity index (χ0n) is 17.7. The van der Waals surface area contributed by atoms with Crippen LogP contribution < -0.4 is 0 Å². The molecule has 0 unspecified atom stereocenters. The molecule has 0 saturated carbocycles. The second kappa shape index (κ2) is 8.75. The summed E-state index contributed by atoms with van der Waals surface area (Å²) in [5, 5.41) is 10.6. The van der Waals surface area contributed by atoms with E-state index in [9.17, 15) is 9.59 Å². The van der Waals surface area contributed by atoms with Crippen LogP contribution >= 0.6 is 0 Å². The number of carboxylic acid groups (broad SMARTS) is 1. The summed E-state index contributed by atoms with van der Waals surface area (Å²) in [4.78, 5) is 28.8. The highest BCUT2D eigenvalue weighted by Crippen LogP contribution is 2.24. The van der Waals surface area contributed by atoms with Gasteiger partial charge in [0, 0.05) is 33.2 Å². The van der Waals surface area contributed by atoms with Crippen LogP contribution in [0.2, 0.25) is 0 Å². The van der Waals surface area contributed by atoms with E-state index in [2.05, 4.69) is 23.1 Å². The lowest BCUT2D eigenvalue weighted by Gasteiger charge is -1.99. The van der Waals surface area contributed by atoms with E-state index in [4.69, 9.17) is 9.84 Å². The SMILES string of the molecule is C=C(C)c1cc2c(C(=O)O)cccc2[nH]1.C=C(C)c1cc2c(C(=O)OC)cccc2[nH]1. The Morgan fingerprint density at radius 2 is 1.29 bits per heavy atom. The number of esters is 1. The number of hydrogen-bond donors (Lipinski definition) is 3. The number of allylic oxidation sites excluding steroid dienone is 2. The third-order valence-electron chi connectivity index (χ3n) is 4.88. The third kappa shape index (κ3) is 4.43. The number of benzene rings is 2. The van der Waals surface area contributed by atoms with Crippen LogP contribution in [-0.2, 0) is 4.74 Å². The van der Waals surface area contributed by atoms with Gasteiger partial charge < -0.3 is 19.8 Å². The van der Waals surface area contributed by atoms with Crippen LogP contribution in [0.25, 0.3) is 33.0 Å². The van der Waals surface area contributed by atoms with Gasteiger partial charge in [-0.1, -0.05) is 25.3 Å². The lowest BCUT2D eigenvalue weighted by atomic mass is 10.1. The molecule has 0 saturated heterocycles. The van der Waals surface area contributed by atoms with Crippen molar-refractivity contribution >= 4 is 44.9 Å². The molecule has 0 bridgehead atoms. The molecule has 4 aromatic rings. The predicted molar refractivity (Wildman–Crippen MR) is 124 cm³/mol. The van der Waals surface area contributed by atoms with E-state index in [1.807, 2.05) is 44.2 Å². The Hall–Kier alpha value is -4.06. The van der Waals surface area contributed by atoms with Crippen molar-refractivity contribution < 1.29 is 19.4 Å². The molecule has 6 nitrogen and oxygen atoms in total. The minimum Gasteiger partial charge on any atom is -0.478 e. The lowest BCUT2D eigenvalue weighted by Crippen LogP contribution is -2.00. The molecule has 2 aromatic heterocycles. The molecule has 2 heterocycles. The van der Waals surface area contributed by atoms with Gasteiger partial charge in [-0.2, -0.15) is 0 Å². The maximum Gasteiger partial charge on any atom is 0.338 e. The fourth-order valence-electron chi connectivity index (χ4n) is 3.24. The molecule has 4 rings (SSSR count). The molecule has 0 radical (unpaired) electrons. The summed E-state index contributed by atoms with van der Waals surface area (Å²) in [6.07, 6.45) is 0. The van der Waals surface area contributed by atoms with E-state index in [-0.39, 0.29) is 5.97 Å². The first-order valence-corrected chi connectivity index (χ1v) is 9.59. The Balaban J connectivity index is 0.000000176. The third-order valence-corrected chi connectivity index (χ3v) is 4.88. The average molecular weight is 416 g/mol. The number of H-pyrrole nitrogens is 2. The van der Waals surface area contributed by atoms with Crippen LogP contribution in [0.5, 0.6) is 0 Å². The Morgan fingerprint density at radius 1 is 0.839 bits per heavy atom. The van der Waals surface area contributed by atoms with Crippen molar-refractivity contribution in [1.82, 2.24) is 9.97 Å². The molecule has 3 N–H and O–H groups in total. The van der Waals surface area contributed by atoms with E-state index < -0.39 is 5.97 Å². The maximum atomic E-state index is 11.5. The van der Waals surface area contributed by atoms with Gasteiger partial charge >= 0.3 is 11.9 Å². The number of aromatic amines is 2. The molecule has 0 aliphatic heterocycles. The Kier molecular flexibility index (Phi) is 6.11. The van der Waals surface area contributed by atoms with Crippen LogP contribution in [0.15, 0.2) is 61.7 Å². The number of rotatable bonds is 4. The van der Waals surface area contributed by atoms with Crippen molar-refractivity contribution in [3.63, 3.8) is 0 Å². The summed E-state index contributed by atoms with van der Waals surface area (Å²) >= 11 is 0. The molecule has 6 heteroatoms. The summed E-state index contributed by atoms with van der Waals surface area (Å²) in [6.45, 7) is 11.5. The van der Waals surface area contributed by atoms with Crippen molar-refractivity contribution in [3.05, 3.63) is 84.2 Å². The minimum atomic E-state index is -0.909. The predicted octanol–water partition coefficient (Wildman–Crippen LogP) is 5.89. The van der Waals surface area contributed by atoms with Crippen molar-refractivity contribution in [2.75, 3.05) is 7.11 Å². The summed E-state index contributed by atoms with van der Waals surface area (Å²) < 4.78 is 4.74. The van der Waals surface area contributed by atoms with Gasteiger partial charge in [0.25, 0.3) is 0 Å². The topological polar surface area (TPSA) is 95.2 Å². The fourth-order valence-corrected chi connectivity index (χ4v) is 3.24. The highest BCUT2D eigenvalue weighted by atomic mass is 16.5. The number of aromatic carboxylic acids is 1. The van der Waals surface area contributed by atoms with Crippen molar-refractivity contribution in [2.24, 2.45) is 0 Å². The van der Waals surface area contributed by atoms with Crippen molar-refractivity contribution in [3.8, 4) is 0 Å². The quantitative estimate of drug-likeness (QED) is 0.362. The summed E-state index contributed by atoms with van der Waals surface area (Å²) in [7, 11) is 1.38. The second-order valence-corrected chi connectivity index (χ2v) is 7.26. The zero-order valence-corrected chi connectivity index (χ0v) is 17.7. The fraction of sp³-hybridized carbons (Fsp3) is 0.120.